The van der Waals surface area contributed by atoms with Crippen molar-refractivity contribution in [1.29, 1.82) is 0 Å². The molecule has 0 radical (unpaired) electrons. The molecule has 10 heteroatoms. The first-order chi connectivity index (χ1) is 22.2. The molecule has 47 heavy (non-hydrogen) atoms. The minimum atomic E-state index is -5.24. The summed E-state index contributed by atoms with van der Waals surface area (Å²) in [5.41, 5.74) is 4.63. The van der Waals surface area contributed by atoms with Gasteiger partial charge in [0.2, 0.25) is 11.6 Å². The number of hydrogen-bond donors (Lipinski definition) is 0. The predicted octanol–water partition coefficient (Wildman–Crippen LogP) is 9.17. The number of ketones is 4. The zero-order valence-electron chi connectivity index (χ0n) is 25.6. The van der Waals surface area contributed by atoms with Crippen molar-refractivity contribution in [2.45, 2.75) is 70.6 Å². The summed E-state index contributed by atoms with van der Waals surface area (Å²) >= 11 is 0. The van der Waals surface area contributed by atoms with Crippen molar-refractivity contribution in [3.05, 3.63) is 95.6 Å². The minimum Gasteiger partial charge on any atom is -0.290 e. The number of hydrogen-bond acceptors (Lipinski definition) is 4. The molecule has 0 saturated carbocycles. The SMILES string of the molecule is CCCCCCCc1ccc(-c2ccc(CC(=O)C(=O)C(F)(F)F)cc2)c2c(-c3ccc(CC(=O)C(=O)C(F)(F)F)cc3)cccc12. The van der Waals surface area contributed by atoms with Crippen LogP contribution in [-0.2, 0) is 38.4 Å². The molecule has 0 aliphatic heterocycles. The minimum absolute atomic E-state index is 0.249. The lowest BCUT2D eigenvalue weighted by atomic mass is 9.87. The Hall–Kier alpha value is -4.60. The van der Waals surface area contributed by atoms with Gasteiger partial charge in [-0.25, -0.2) is 0 Å². The Kier molecular flexibility index (Phi) is 11.2. The van der Waals surface area contributed by atoms with Crippen LogP contribution in [0.3, 0.4) is 0 Å². The van der Waals surface area contributed by atoms with Gasteiger partial charge in [-0.1, -0.05) is 111 Å². The van der Waals surface area contributed by atoms with Gasteiger partial charge in [-0.05, 0) is 62.6 Å². The third-order valence-electron chi connectivity index (χ3n) is 7.96. The standard InChI is InChI=1S/C37H32F6O4/c1-2-3-4-5-6-8-25-19-20-30(27-17-13-24(14-18-27)22-32(45)35(47)37(41,42)43)33-28(25)9-7-10-29(33)26-15-11-23(12-16-26)21-31(44)34(46)36(38,39)40/h7,9-20H,2-6,8,21-22H2,1H3. The van der Waals surface area contributed by atoms with E-state index in [1.807, 2.05) is 30.3 Å². The van der Waals surface area contributed by atoms with E-state index >= 15 is 0 Å². The van der Waals surface area contributed by atoms with E-state index in [2.05, 4.69) is 6.92 Å². The molecule has 0 amide bonds. The summed E-state index contributed by atoms with van der Waals surface area (Å²) in [5, 5.41) is 1.84. The van der Waals surface area contributed by atoms with Crippen LogP contribution in [0.4, 0.5) is 26.3 Å². The molecule has 0 bridgehead atoms. The van der Waals surface area contributed by atoms with E-state index in [1.54, 1.807) is 24.3 Å². The summed E-state index contributed by atoms with van der Waals surface area (Å²) in [4.78, 5) is 46.4. The Morgan fingerprint density at radius 2 is 1.02 bits per heavy atom. The molecule has 4 nitrogen and oxygen atoms in total. The topological polar surface area (TPSA) is 68.3 Å². The van der Waals surface area contributed by atoms with Gasteiger partial charge in [0.05, 0.1) is 0 Å². The third kappa shape index (κ3) is 8.81. The van der Waals surface area contributed by atoms with Crippen LogP contribution >= 0.6 is 0 Å². The molecule has 0 unspecified atom stereocenters. The summed E-state index contributed by atoms with van der Waals surface area (Å²) in [6.45, 7) is 2.15. The van der Waals surface area contributed by atoms with E-state index in [-0.39, 0.29) is 11.1 Å². The van der Waals surface area contributed by atoms with E-state index in [0.717, 1.165) is 66.0 Å². The van der Waals surface area contributed by atoms with Gasteiger partial charge < -0.3 is 0 Å². The van der Waals surface area contributed by atoms with Gasteiger partial charge in [-0.15, -0.1) is 0 Å². The second kappa shape index (κ2) is 14.9. The van der Waals surface area contributed by atoms with Gasteiger partial charge >= 0.3 is 23.9 Å². The van der Waals surface area contributed by atoms with Crippen LogP contribution in [0, 0.1) is 0 Å². The van der Waals surface area contributed by atoms with Gasteiger partial charge in [0, 0.05) is 12.8 Å². The highest BCUT2D eigenvalue weighted by Crippen LogP contribution is 2.39. The van der Waals surface area contributed by atoms with Gasteiger partial charge in [-0.3, -0.25) is 19.2 Å². The second-order valence-corrected chi connectivity index (χ2v) is 11.4. The fourth-order valence-electron chi connectivity index (χ4n) is 5.54. The van der Waals surface area contributed by atoms with Crippen molar-refractivity contribution in [3.8, 4) is 22.3 Å². The molecule has 246 valence electrons. The molecule has 0 aromatic heterocycles. The second-order valence-electron chi connectivity index (χ2n) is 11.4. The first-order valence-electron chi connectivity index (χ1n) is 15.2. The van der Waals surface area contributed by atoms with E-state index in [0.29, 0.717) is 11.1 Å². The highest BCUT2D eigenvalue weighted by molar-refractivity contribution is 6.40. The largest absolute Gasteiger partial charge is 0.458 e. The van der Waals surface area contributed by atoms with Crippen LogP contribution in [0.1, 0.15) is 55.7 Å². The zero-order chi connectivity index (χ0) is 34.4. The van der Waals surface area contributed by atoms with Crippen molar-refractivity contribution >= 4 is 33.9 Å². The van der Waals surface area contributed by atoms with E-state index in [4.69, 9.17) is 0 Å². The highest BCUT2D eigenvalue weighted by atomic mass is 19.4. The fraction of sp³-hybridized carbons (Fsp3) is 0.297. The first-order valence-corrected chi connectivity index (χ1v) is 15.2. The number of carbonyl (C=O) groups is 4. The van der Waals surface area contributed by atoms with Crippen LogP contribution in [-0.4, -0.2) is 35.5 Å². The average Bonchev–Trinajstić information content (AvgIpc) is 3.03. The van der Waals surface area contributed by atoms with Gasteiger partial charge in [0.25, 0.3) is 0 Å². The maximum Gasteiger partial charge on any atom is 0.458 e. The lowest BCUT2D eigenvalue weighted by Gasteiger charge is -2.17. The molecule has 0 aliphatic rings. The average molecular weight is 655 g/mol. The molecule has 0 saturated heterocycles. The number of carbonyl (C=O) groups excluding carboxylic acids is 4. The number of unbranched alkanes of at least 4 members (excludes halogenated alkanes) is 4. The Morgan fingerprint density at radius 1 is 0.553 bits per heavy atom. The van der Waals surface area contributed by atoms with E-state index < -0.39 is 48.3 Å². The monoisotopic (exact) mass is 654 g/mol. The van der Waals surface area contributed by atoms with Crippen molar-refractivity contribution < 1.29 is 45.5 Å². The van der Waals surface area contributed by atoms with E-state index in [9.17, 15) is 45.5 Å². The number of benzene rings is 4. The number of alkyl halides is 6. The first kappa shape index (κ1) is 35.3. The van der Waals surface area contributed by atoms with Crippen molar-refractivity contribution in [2.24, 2.45) is 0 Å². The Balaban J connectivity index is 1.72. The molecule has 4 aromatic rings. The number of fused-ring (bicyclic) bond motifs is 1. The van der Waals surface area contributed by atoms with Crippen molar-refractivity contribution in [1.82, 2.24) is 0 Å². The molecule has 0 heterocycles. The molecule has 0 aliphatic carbocycles. The normalized spacial score (nSPS) is 11.9. The number of aryl methyl sites for hydroxylation is 1. The maximum atomic E-state index is 12.7. The Bertz CT molecular complexity index is 1680. The smallest absolute Gasteiger partial charge is 0.290 e. The summed E-state index contributed by atoms with van der Waals surface area (Å²) in [7, 11) is 0. The maximum absolute atomic E-state index is 12.7. The fourth-order valence-corrected chi connectivity index (χ4v) is 5.54. The zero-order valence-corrected chi connectivity index (χ0v) is 25.6. The van der Waals surface area contributed by atoms with Crippen molar-refractivity contribution in [3.63, 3.8) is 0 Å². The van der Waals surface area contributed by atoms with Crippen molar-refractivity contribution in [2.75, 3.05) is 0 Å². The lowest BCUT2D eigenvalue weighted by molar-refractivity contribution is -0.174. The summed E-state index contributed by atoms with van der Waals surface area (Å²) in [5.74, 6) is -7.89. The van der Waals surface area contributed by atoms with E-state index in [1.165, 1.54) is 24.3 Å². The van der Waals surface area contributed by atoms with Gasteiger partial charge in [0.1, 0.15) is 0 Å². The third-order valence-corrected chi connectivity index (χ3v) is 7.96. The molecular weight excluding hydrogens is 622 g/mol. The van der Waals surface area contributed by atoms with Crippen LogP contribution in [0.5, 0.6) is 0 Å². The summed E-state index contributed by atoms with van der Waals surface area (Å²) in [6, 6.07) is 22.5. The molecule has 0 atom stereocenters. The van der Waals surface area contributed by atoms with Gasteiger partial charge in [-0.2, -0.15) is 26.3 Å². The van der Waals surface area contributed by atoms with Crippen LogP contribution in [0.25, 0.3) is 33.0 Å². The van der Waals surface area contributed by atoms with Crippen LogP contribution in [0.2, 0.25) is 0 Å². The highest BCUT2D eigenvalue weighted by Gasteiger charge is 2.43. The molecule has 4 rings (SSSR count). The predicted molar refractivity (Wildman–Crippen MR) is 167 cm³/mol. The molecule has 4 aromatic carbocycles. The quantitative estimate of drug-likeness (QED) is 0.0773. The number of halogens is 6. The molecule has 0 fully saturated rings. The molecule has 0 N–H and O–H groups in total. The summed E-state index contributed by atoms with van der Waals surface area (Å²) < 4.78 is 76.1. The molecule has 0 spiro atoms. The van der Waals surface area contributed by atoms with Crippen LogP contribution in [0.15, 0.2) is 78.9 Å². The Labute approximate surface area is 267 Å². The number of rotatable bonds is 14. The van der Waals surface area contributed by atoms with Crippen LogP contribution < -0.4 is 0 Å². The number of Topliss-reactive ketones (excluding diaryl/α,β-unsaturated/α-hetero) is 4. The molecular formula is C37H32F6O4. The lowest BCUT2D eigenvalue weighted by Crippen LogP contribution is -2.31. The van der Waals surface area contributed by atoms with Gasteiger partial charge in [0.15, 0.2) is 0 Å². The summed E-state index contributed by atoms with van der Waals surface area (Å²) in [6.07, 6.45) is -5.56. The Morgan fingerprint density at radius 3 is 1.49 bits per heavy atom.